The summed E-state index contributed by atoms with van der Waals surface area (Å²) in [6.07, 6.45) is 7.95. The van der Waals surface area contributed by atoms with E-state index in [2.05, 4.69) is 31.2 Å². The van der Waals surface area contributed by atoms with Gasteiger partial charge in [0.25, 0.3) is 0 Å². The molecule has 1 aliphatic rings. The van der Waals surface area contributed by atoms with Crippen molar-refractivity contribution in [3.63, 3.8) is 0 Å². The molecule has 0 aliphatic heterocycles. The average Bonchev–Trinajstić information content (AvgIpc) is 2.88. The molecule has 1 aliphatic carbocycles. The number of nitrogens with zero attached hydrogens (tertiary/aromatic N) is 2. The maximum absolute atomic E-state index is 5.97. The number of nitrogens with one attached hydrogen (secondary N) is 1. The predicted octanol–water partition coefficient (Wildman–Crippen LogP) is 4.88. The standard InChI is InChI=1S/C16H16BrN3O/c17-10-6-7-13-12(8-10)14-15(21-13)16(19-9-18-14)20-11-4-2-1-3-5-11/h6-9,11H,1-5H2,(H,18,19,20). The van der Waals surface area contributed by atoms with Crippen LogP contribution in [0, 0.1) is 0 Å². The molecule has 0 saturated heterocycles. The molecule has 4 nitrogen and oxygen atoms in total. The lowest BCUT2D eigenvalue weighted by molar-refractivity contribution is 0.461. The largest absolute Gasteiger partial charge is 0.450 e. The molecular formula is C16H16BrN3O. The summed E-state index contributed by atoms with van der Waals surface area (Å²) in [5, 5.41) is 4.56. The van der Waals surface area contributed by atoms with Crippen molar-refractivity contribution in [2.45, 2.75) is 38.1 Å². The Hall–Kier alpha value is -1.62. The van der Waals surface area contributed by atoms with Crippen molar-refractivity contribution < 1.29 is 4.42 Å². The molecule has 1 saturated carbocycles. The minimum Gasteiger partial charge on any atom is -0.450 e. The van der Waals surface area contributed by atoms with Crippen molar-refractivity contribution in [3.05, 3.63) is 29.0 Å². The van der Waals surface area contributed by atoms with Gasteiger partial charge in [-0.25, -0.2) is 9.97 Å². The molecule has 1 fully saturated rings. The Morgan fingerprint density at radius 3 is 2.86 bits per heavy atom. The van der Waals surface area contributed by atoms with Crippen molar-refractivity contribution in [2.24, 2.45) is 0 Å². The van der Waals surface area contributed by atoms with Crippen LogP contribution in [0.3, 0.4) is 0 Å². The Morgan fingerprint density at radius 1 is 1.14 bits per heavy atom. The number of furan rings is 1. The zero-order valence-corrected chi connectivity index (χ0v) is 13.2. The van der Waals surface area contributed by atoms with Gasteiger partial charge in [-0.1, -0.05) is 35.2 Å². The van der Waals surface area contributed by atoms with Crippen LogP contribution in [0.1, 0.15) is 32.1 Å². The van der Waals surface area contributed by atoms with Gasteiger partial charge in [-0.2, -0.15) is 0 Å². The summed E-state index contributed by atoms with van der Waals surface area (Å²) in [6, 6.07) is 6.48. The van der Waals surface area contributed by atoms with Gasteiger partial charge in [0.05, 0.1) is 0 Å². The highest BCUT2D eigenvalue weighted by Crippen LogP contribution is 2.33. The monoisotopic (exact) mass is 345 g/mol. The van der Waals surface area contributed by atoms with Crippen LogP contribution < -0.4 is 5.32 Å². The zero-order chi connectivity index (χ0) is 14.2. The van der Waals surface area contributed by atoms with Gasteiger partial charge < -0.3 is 9.73 Å². The van der Waals surface area contributed by atoms with Gasteiger partial charge in [-0.15, -0.1) is 0 Å². The maximum atomic E-state index is 5.97. The van der Waals surface area contributed by atoms with Gasteiger partial charge >= 0.3 is 0 Å². The highest BCUT2D eigenvalue weighted by atomic mass is 79.9. The van der Waals surface area contributed by atoms with E-state index in [-0.39, 0.29) is 0 Å². The second-order valence-corrected chi connectivity index (χ2v) is 6.54. The summed E-state index contributed by atoms with van der Waals surface area (Å²) < 4.78 is 7.00. The van der Waals surface area contributed by atoms with E-state index in [9.17, 15) is 0 Å². The van der Waals surface area contributed by atoms with E-state index in [0.717, 1.165) is 32.4 Å². The summed E-state index contributed by atoms with van der Waals surface area (Å²) in [4.78, 5) is 8.79. The lowest BCUT2D eigenvalue weighted by Gasteiger charge is -2.23. The molecule has 1 aromatic carbocycles. The smallest absolute Gasteiger partial charge is 0.196 e. The van der Waals surface area contributed by atoms with Crippen molar-refractivity contribution in [3.8, 4) is 0 Å². The van der Waals surface area contributed by atoms with Crippen LogP contribution in [0.25, 0.3) is 22.1 Å². The molecule has 2 heterocycles. The second-order valence-electron chi connectivity index (χ2n) is 5.62. The van der Waals surface area contributed by atoms with Gasteiger partial charge in [0.2, 0.25) is 0 Å². The molecule has 2 aromatic heterocycles. The van der Waals surface area contributed by atoms with Crippen molar-refractivity contribution in [1.82, 2.24) is 9.97 Å². The van der Waals surface area contributed by atoms with Crippen molar-refractivity contribution >= 4 is 43.8 Å². The van der Waals surface area contributed by atoms with Gasteiger partial charge in [0, 0.05) is 15.9 Å². The first-order valence-electron chi connectivity index (χ1n) is 7.40. The molecule has 0 bridgehead atoms. The lowest BCUT2D eigenvalue weighted by Crippen LogP contribution is -2.22. The molecule has 0 spiro atoms. The summed E-state index contributed by atoms with van der Waals surface area (Å²) >= 11 is 3.50. The minimum atomic E-state index is 0.497. The Labute approximate surface area is 131 Å². The SMILES string of the molecule is Brc1ccc2oc3c(NC4CCCCC4)ncnc3c2c1. The van der Waals surface area contributed by atoms with E-state index in [1.54, 1.807) is 6.33 Å². The van der Waals surface area contributed by atoms with E-state index in [4.69, 9.17) is 4.42 Å². The van der Waals surface area contributed by atoms with Gasteiger partial charge in [0.15, 0.2) is 11.4 Å². The van der Waals surface area contributed by atoms with E-state index < -0.39 is 0 Å². The third kappa shape index (κ3) is 2.39. The molecule has 108 valence electrons. The Morgan fingerprint density at radius 2 is 2.00 bits per heavy atom. The van der Waals surface area contributed by atoms with Gasteiger partial charge in [-0.05, 0) is 31.0 Å². The molecule has 4 rings (SSSR count). The van der Waals surface area contributed by atoms with E-state index in [1.165, 1.54) is 32.1 Å². The summed E-state index contributed by atoms with van der Waals surface area (Å²) in [5.74, 6) is 0.819. The highest BCUT2D eigenvalue weighted by molar-refractivity contribution is 9.10. The fourth-order valence-corrected chi connectivity index (χ4v) is 3.45. The summed E-state index contributed by atoms with van der Waals surface area (Å²) in [6.45, 7) is 0. The molecule has 3 aromatic rings. The van der Waals surface area contributed by atoms with E-state index >= 15 is 0 Å². The molecule has 1 N–H and O–H groups in total. The third-order valence-corrected chi connectivity index (χ3v) is 4.65. The van der Waals surface area contributed by atoms with Crippen LogP contribution in [-0.2, 0) is 0 Å². The molecule has 0 radical (unpaired) electrons. The zero-order valence-electron chi connectivity index (χ0n) is 11.6. The van der Waals surface area contributed by atoms with Crippen LogP contribution in [0.15, 0.2) is 33.4 Å². The first-order chi connectivity index (χ1) is 10.3. The number of benzene rings is 1. The molecule has 21 heavy (non-hydrogen) atoms. The molecule has 0 amide bonds. The van der Waals surface area contributed by atoms with Crippen LogP contribution >= 0.6 is 15.9 Å². The fraction of sp³-hybridized carbons (Fsp3) is 0.375. The van der Waals surface area contributed by atoms with E-state index in [1.807, 2.05) is 18.2 Å². The van der Waals surface area contributed by atoms with Crippen molar-refractivity contribution in [1.29, 1.82) is 0 Å². The Kier molecular flexibility index (Phi) is 3.30. The van der Waals surface area contributed by atoms with Gasteiger partial charge in [0.1, 0.15) is 17.4 Å². The normalized spacial score (nSPS) is 16.6. The number of aromatic nitrogens is 2. The second kappa shape index (κ2) is 5.30. The topological polar surface area (TPSA) is 51.0 Å². The number of anilines is 1. The highest BCUT2D eigenvalue weighted by Gasteiger charge is 2.18. The maximum Gasteiger partial charge on any atom is 0.196 e. The number of fused-ring (bicyclic) bond motifs is 3. The number of hydrogen-bond donors (Lipinski definition) is 1. The first kappa shape index (κ1) is 13.1. The van der Waals surface area contributed by atoms with Crippen LogP contribution in [0.2, 0.25) is 0 Å². The minimum absolute atomic E-state index is 0.497. The molecule has 0 atom stereocenters. The Bertz CT molecular complexity index is 793. The van der Waals surface area contributed by atoms with Crippen LogP contribution in [0.5, 0.6) is 0 Å². The Balaban J connectivity index is 1.80. The third-order valence-electron chi connectivity index (χ3n) is 4.16. The predicted molar refractivity (Wildman–Crippen MR) is 87.5 cm³/mol. The lowest BCUT2D eigenvalue weighted by atomic mass is 9.95. The molecular weight excluding hydrogens is 330 g/mol. The summed E-state index contributed by atoms with van der Waals surface area (Å²) in [5.41, 5.74) is 2.48. The molecule has 5 heteroatoms. The fourth-order valence-electron chi connectivity index (χ4n) is 3.09. The number of hydrogen-bond acceptors (Lipinski definition) is 4. The van der Waals surface area contributed by atoms with Crippen LogP contribution in [0.4, 0.5) is 5.82 Å². The van der Waals surface area contributed by atoms with Gasteiger partial charge in [-0.3, -0.25) is 0 Å². The average molecular weight is 346 g/mol. The first-order valence-corrected chi connectivity index (χ1v) is 8.20. The summed E-state index contributed by atoms with van der Waals surface area (Å²) in [7, 11) is 0. The van der Waals surface area contributed by atoms with Crippen molar-refractivity contribution in [2.75, 3.05) is 5.32 Å². The van der Waals surface area contributed by atoms with Crippen LogP contribution in [-0.4, -0.2) is 16.0 Å². The molecule has 0 unspecified atom stereocenters. The number of rotatable bonds is 2. The quantitative estimate of drug-likeness (QED) is 0.718. The number of halogens is 1. The van der Waals surface area contributed by atoms with E-state index in [0.29, 0.717) is 6.04 Å².